The predicted octanol–water partition coefficient (Wildman–Crippen LogP) is -0.359. The summed E-state index contributed by atoms with van der Waals surface area (Å²) in [5, 5.41) is 2.91. The van der Waals surface area contributed by atoms with Gasteiger partial charge in [-0.2, -0.15) is 4.98 Å². The summed E-state index contributed by atoms with van der Waals surface area (Å²) in [5.74, 6) is 1.54. The number of hydrogen-bond donors (Lipinski definition) is 1. The Hall–Kier alpha value is -2.46. The Balaban J connectivity index is 1.40. The third-order valence-electron chi connectivity index (χ3n) is 5.54. The van der Waals surface area contributed by atoms with Gasteiger partial charge in [0.25, 0.3) is 0 Å². The van der Waals surface area contributed by atoms with Gasteiger partial charge in [0, 0.05) is 58.1 Å². The van der Waals surface area contributed by atoms with E-state index in [2.05, 4.69) is 25.0 Å². The molecule has 1 unspecified atom stereocenters. The summed E-state index contributed by atoms with van der Waals surface area (Å²) >= 11 is 0. The first-order valence-corrected chi connectivity index (χ1v) is 9.76. The maximum absolute atomic E-state index is 12.0. The van der Waals surface area contributed by atoms with Gasteiger partial charge in [0.1, 0.15) is 5.82 Å². The van der Waals surface area contributed by atoms with Crippen LogP contribution in [0.2, 0.25) is 0 Å². The van der Waals surface area contributed by atoms with E-state index in [1.165, 1.54) is 7.05 Å². The molecule has 10 heteroatoms. The van der Waals surface area contributed by atoms with E-state index < -0.39 is 0 Å². The molecule has 3 aliphatic heterocycles. The van der Waals surface area contributed by atoms with E-state index in [1.54, 1.807) is 0 Å². The summed E-state index contributed by atoms with van der Waals surface area (Å²) in [6, 6.07) is 1.69. The van der Waals surface area contributed by atoms with Crippen molar-refractivity contribution in [3.8, 4) is 0 Å². The Labute approximate surface area is 164 Å². The van der Waals surface area contributed by atoms with Crippen LogP contribution >= 0.6 is 0 Å². The van der Waals surface area contributed by atoms with Gasteiger partial charge in [0.2, 0.25) is 11.9 Å². The lowest BCUT2D eigenvalue weighted by atomic mass is 10.2. The molecule has 152 valence electrons. The van der Waals surface area contributed by atoms with Gasteiger partial charge < -0.3 is 19.9 Å². The molecule has 0 aliphatic carbocycles. The highest BCUT2D eigenvalue weighted by Gasteiger charge is 2.34. The molecule has 28 heavy (non-hydrogen) atoms. The summed E-state index contributed by atoms with van der Waals surface area (Å²) in [6.07, 6.45) is 0.0744. The normalized spacial score (nSPS) is 24.5. The van der Waals surface area contributed by atoms with Crippen LogP contribution in [-0.4, -0.2) is 97.4 Å². The number of aryl methyl sites for hydroxylation is 1. The molecule has 1 aromatic rings. The van der Waals surface area contributed by atoms with Gasteiger partial charge in [0.15, 0.2) is 0 Å². The molecule has 1 aromatic heterocycles. The molecule has 3 amide bonds. The van der Waals surface area contributed by atoms with E-state index >= 15 is 0 Å². The number of hydrogen-bond acceptors (Lipinski definition) is 8. The summed E-state index contributed by atoms with van der Waals surface area (Å²) in [6.45, 7) is 8.10. The lowest BCUT2D eigenvalue weighted by Gasteiger charge is -2.41. The number of urea groups is 1. The van der Waals surface area contributed by atoms with Gasteiger partial charge in [-0.3, -0.25) is 14.6 Å². The van der Waals surface area contributed by atoms with Crippen molar-refractivity contribution in [1.29, 1.82) is 0 Å². The monoisotopic (exact) mass is 389 g/mol. The number of carbonyl (C=O) groups is 2. The zero-order valence-electron chi connectivity index (χ0n) is 16.4. The molecule has 0 saturated carbocycles. The number of imide groups is 1. The van der Waals surface area contributed by atoms with Crippen LogP contribution in [0.1, 0.15) is 12.1 Å². The van der Waals surface area contributed by atoms with Crippen molar-refractivity contribution in [2.24, 2.45) is 0 Å². The fourth-order valence-corrected chi connectivity index (χ4v) is 3.79. The molecular weight excluding hydrogens is 362 g/mol. The number of morpholine rings is 1. The number of piperazine rings is 1. The highest BCUT2D eigenvalue weighted by molar-refractivity contribution is 5.96. The number of rotatable bonds is 3. The maximum Gasteiger partial charge on any atom is 0.325 e. The highest BCUT2D eigenvalue weighted by Crippen LogP contribution is 2.21. The molecule has 0 spiro atoms. The van der Waals surface area contributed by atoms with Gasteiger partial charge in [-0.05, 0) is 6.92 Å². The van der Waals surface area contributed by atoms with E-state index in [4.69, 9.17) is 9.72 Å². The molecule has 0 aromatic carbocycles. The number of anilines is 2. The first-order chi connectivity index (χ1) is 13.5. The van der Waals surface area contributed by atoms with Gasteiger partial charge in [-0.15, -0.1) is 0 Å². The minimum absolute atomic E-state index is 0.145. The third-order valence-corrected chi connectivity index (χ3v) is 5.54. The summed E-state index contributed by atoms with van der Waals surface area (Å²) in [7, 11) is 1.51. The average molecular weight is 389 g/mol. The Morgan fingerprint density at radius 3 is 2.43 bits per heavy atom. The molecule has 10 nitrogen and oxygen atoms in total. The first kappa shape index (κ1) is 18.9. The van der Waals surface area contributed by atoms with Crippen molar-refractivity contribution in [3.63, 3.8) is 0 Å². The van der Waals surface area contributed by atoms with E-state index in [0.29, 0.717) is 6.42 Å². The Kier molecular flexibility index (Phi) is 5.31. The number of aromatic nitrogens is 2. The maximum atomic E-state index is 12.0. The number of amides is 3. The van der Waals surface area contributed by atoms with Crippen LogP contribution < -0.4 is 15.1 Å². The number of nitrogens with one attached hydrogen (secondary N) is 1. The summed E-state index contributed by atoms with van der Waals surface area (Å²) < 4.78 is 5.43. The van der Waals surface area contributed by atoms with Crippen molar-refractivity contribution >= 4 is 23.7 Å². The molecule has 1 N–H and O–H groups in total. The minimum Gasteiger partial charge on any atom is -0.378 e. The Morgan fingerprint density at radius 1 is 1.04 bits per heavy atom. The molecule has 4 rings (SSSR count). The Bertz CT molecular complexity index is 727. The van der Waals surface area contributed by atoms with E-state index in [0.717, 1.165) is 74.8 Å². The van der Waals surface area contributed by atoms with Crippen LogP contribution in [0, 0.1) is 6.92 Å². The van der Waals surface area contributed by atoms with E-state index in [9.17, 15) is 9.59 Å². The van der Waals surface area contributed by atoms with Crippen molar-refractivity contribution in [2.75, 3.05) is 69.3 Å². The van der Waals surface area contributed by atoms with Crippen LogP contribution in [-0.2, 0) is 9.53 Å². The molecule has 1 atom stereocenters. The van der Waals surface area contributed by atoms with Crippen molar-refractivity contribution in [3.05, 3.63) is 11.8 Å². The first-order valence-electron chi connectivity index (χ1n) is 9.76. The quantitative estimate of drug-likeness (QED) is 0.749. The van der Waals surface area contributed by atoms with Crippen LogP contribution in [0.5, 0.6) is 0 Å². The van der Waals surface area contributed by atoms with E-state index in [-0.39, 0.29) is 18.1 Å². The van der Waals surface area contributed by atoms with Gasteiger partial charge >= 0.3 is 6.03 Å². The largest absolute Gasteiger partial charge is 0.378 e. The summed E-state index contributed by atoms with van der Waals surface area (Å²) in [5.41, 5.74) is 0.946. The van der Waals surface area contributed by atoms with Crippen molar-refractivity contribution in [2.45, 2.75) is 19.5 Å². The second-order valence-corrected chi connectivity index (χ2v) is 7.41. The SMILES string of the molecule is Cc1cc(N2CCOCC2)nc(N2CCN(C3CC(=O)N(C)C(=O)N3)CC2)n1. The average Bonchev–Trinajstić information content (AvgIpc) is 2.72. The standard InChI is InChI=1S/C18H27N7O3/c1-13-11-14(24-7-9-28-10-8-24)20-17(19-13)25-5-3-23(4-6-25)15-12-16(26)22(2)18(27)21-15/h11,15H,3-10,12H2,1-2H3,(H,21,27). The number of carbonyl (C=O) groups excluding carboxylic acids is 2. The van der Waals surface area contributed by atoms with Crippen LogP contribution in [0.4, 0.5) is 16.6 Å². The number of nitrogens with zero attached hydrogens (tertiary/aromatic N) is 6. The van der Waals surface area contributed by atoms with Crippen molar-refractivity contribution < 1.29 is 14.3 Å². The smallest absolute Gasteiger partial charge is 0.325 e. The lowest BCUT2D eigenvalue weighted by molar-refractivity contribution is -0.130. The van der Waals surface area contributed by atoms with Crippen LogP contribution in [0.3, 0.4) is 0 Å². The van der Waals surface area contributed by atoms with Crippen LogP contribution in [0.25, 0.3) is 0 Å². The molecule has 0 radical (unpaired) electrons. The topological polar surface area (TPSA) is 94.1 Å². The molecule has 4 heterocycles. The predicted molar refractivity (Wildman–Crippen MR) is 103 cm³/mol. The number of ether oxygens (including phenoxy) is 1. The fourth-order valence-electron chi connectivity index (χ4n) is 3.79. The zero-order valence-corrected chi connectivity index (χ0v) is 16.4. The third kappa shape index (κ3) is 3.88. The van der Waals surface area contributed by atoms with Crippen molar-refractivity contribution in [1.82, 2.24) is 25.1 Å². The molecule has 3 saturated heterocycles. The molecule has 0 bridgehead atoms. The highest BCUT2D eigenvalue weighted by atomic mass is 16.5. The molecule has 3 fully saturated rings. The van der Waals surface area contributed by atoms with Crippen LogP contribution in [0.15, 0.2) is 6.07 Å². The second-order valence-electron chi connectivity index (χ2n) is 7.41. The summed E-state index contributed by atoms with van der Waals surface area (Å²) in [4.78, 5) is 41.0. The van der Waals surface area contributed by atoms with Gasteiger partial charge in [0.05, 0.1) is 25.8 Å². The second kappa shape index (κ2) is 7.88. The Morgan fingerprint density at radius 2 is 1.75 bits per heavy atom. The minimum atomic E-state index is -0.333. The van der Waals surface area contributed by atoms with Gasteiger partial charge in [-0.25, -0.2) is 9.78 Å². The molecular formula is C18H27N7O3. The zero-order chi connectivity index (χ0) is 19.7. The van der Waals surface area contributed by atoms with E-state index in [1.807, 2.05) is 13.0 Å². The fraction of sp³-hybridized carbons (Fsp3) is 0.667. The van der Waals surface area contributed by atoms with Gasteiger partial charge in [-0.1, -0.05) is 0 Å². The lowest BCUT2D eigenvalue weighted by Crippen LogP contribution is -2.62. The molecule has 3 aliphatic rings.